The smallest absolute Gasteiger partial charge is 0.433 e. The molecule has 2 rings (SSSR count). The summed E-state index contributed by atoms with van der Waals surface area (Å²) in [5.74, 6) is -1.45. The fourth-order valence-electron chi connectivity index (χ4n) is 1.84. The van der Waals surface area contributed by atoms with Gasteiger partial charge in [0.25, 0.3) is 0 Å². The molecule has 0 aliphatic carbocycles. The Morgan fingerprint density at radius 3 is 2.21 bits per heavy atom. The Labute approximate surface area is 135 Å². The predicted octanol–water partition coefficient (Wildman–Crippen LogP) is 2.20. The molecule has 1 aromatic heterocycles. The molecule has 24 heavy (non-hydrogen) atoms. The predicted molar refractivity (Wildman–Crippen MR) is 76.4 cm³/mol. The van der Waals surface area contributed by atoms with Gasteiger partial charge in [-0.3, -0.25) is 9.78 Å². The summed E-state index contributed by atoms with van der Waals surface area (Å²) >= 11 is 0. The maximum Gasteiger partial charge on any atom is 0.433 e. The van der Waals surface area contributed by atoms with Crippen molar-refractivity contribution >= 4 is 16.0 Å². The van der Waals surface area contributed by atoms with Crippen LogP contribution in [0.15, 0.2) is 53.6 Å². The number of hydrogen-bond acceptors (Lipinski definition) is 4. The Bertz CT molecular complexity index is 821. The fourth-order valence-corrected chi connectivity index (χ4v) is 2.96. The molecule has 0 aliphatic rings. The molecule has 0 aliphatic heterocycles. The topological polar surface area (TPSA) is 96.4 Å². The number of nitrogens with zero attached hydrogens (tertiary/aromatic N) is 1. The van der Waals surface area contributed by atoms with Crippen LogP contribution in [0, 0.1) is 0 Å². The van der Waals surface area contributed by atoms with E-state index in [9.17, 15) is 31.5 Å². The van der Waals surface area contributed by atoms with Crippen molar-refractivity contribution in [2.75, 3.05) is 0 Å². The Kier molecular flexibility index (Phi) is 4.90. The lowest BCUT2D eigenvalue weighted by molar-refractivity contribution is -0.141. The number of benzene rings is 1. The minimum absolute atomic E-state index is 0.174. The average molecular weight is 360 g/mol. The Balaban J connectivity index is 2.31. The average Bonchev–Trinajstić information content (AvgIpc) is 2.52. The summed E-state index contributed by atoms with van der Waals surface area (Å²) in [7, 11) is -4.38. The summed E-state index contributed by atoms with van der Waals surface area (Å²) < 4.78 is 63.7. The highest BCUT2D eigenvalue weighted by molar-refractivity contribution is 7.89. The summed E-state index contributed by atoms with van der Waals surface area (Å²) in [6.45, 7) is 0. The van der Waals surface area contributed by atoms with Crippen LogP contribution in [0.4, 0.5) is 13.2 Å². The van der Waals surface area contributed by atoms with Crippen molar-refractivity contribution in [3.05, 3.63) is 59.9 Å². The number of pyridine rings is 1. The Morgan fingerprint density at radius 1 is 1.12 bits per heavy atom. The maximum atomic E-state index is 12.4. The van der Waals surface area contributed by atoms with Gasteiger partial charge in [-0.25, -0.2) is 8.42 Å². The number of hydrogen-bond donors (Lipinski definition) is 2. The van der Waals surface area contributed by atoms with E-state index in [1.54, 1.807) is 6.07 Å². The number of carbonyl (C=O) groups is 1. The number of alkyl halides is 3. The van der Waals surface area contributed by atoms with E-state index in [-0.39, 0.29) is 5.56 Å². The number of nitrogens with one attached hydrogen (secondary N) is 1. The van der Waals surface area contributed by atoms with Crippen LogP contribution in [0.3, 0.4) is 0 Å². The van der Waals surface area contributed by atoms with Crippen molar-refractivity contribution in [3.63, 3.8) is 0 Å². The normalized spacial score (nSPS) is 13.5. The van der Waals surface area contributed by atoms with Crippen LogP contribution in [0.25, 0.3) is 0 Å². The molecule has 1 heterocycles. The SMILES string of the molecule is O=C(O)C(NS(=O)(=O)c1ccc(C(F)(F)F)nc1)c1ccccc1. The van der Waals surface area contributed by atoms with Crippen LogP contribution in [0.5, 0.6) is 0 Å². The third-order valence-electron chi connectivity index (χ3n) is 2.99. The van der Waals surface area contributed by atoms with Gasteiger partial charge in [-0.15, -0.1) is 0 Å². The zero-order chi connectivity index (χ0) is 18.0. The van der Waals surface area contributed by atoms with Gasteiger partial charge in [0.2, 0.25) is 10.0 Å². The highest BCUT2D eigenvalue weighted by Crippen LogP contribution is 2.28. The third kappa shape index (κ3) is 4.09. The van der Waals surface area contributed by atoms with Gasteiger partial charge in [0, 0.05) is 6.20 Å². The molecule has 128 valence electrons. The largest absolute Gasteiger partial charge is 0.480 e. The minimum Gasteiger partial charge on any atom is -0.480 e. The van der Waals surface area contributed by atoms with Gasteiger partial charge in [-0.1, -0.05) is 30.3 Å². The molecule has 1 unspecified atom stereocenters. The van der Waals surface area contributed by atoms with E-state index in [1.807, 2.05) is 4.72 Å². The minimum atomic E-state index is -4.71. The monoisotopic (exact) mass is 360 g/mol. The molecule has 0 amide bonds. The molecular weight excluding hydrogens is 349 g/mol. The van der Waals surface area contributed by atoms with Gasteiger partial charge >= 0.3 is 12.1 Å². The Hall–Kier alpha value is -2.46. The Morgan fingerprint density at radius 2 is 1.75 bits per heavy atom. The molecule has 0 spiro atoms. The van der Waals surface area contributed by atoms with E-state index in [2.05, 4.69) is 4.98 Å². The lowest BCUT2D eigenvalue weighted by atomic mass is 10.1. The van der Waals surface area contributed by atoms with Crippen molar-refractivity contribution < 1.29 is 31.5 Å². The molecule has 2 N–H and O–H groups in total. The first-order valence-electron chi connectivity index (χ1n) is 6.44. The summed E-state index contributed by atoms with van der Waals surface area (Å²) in [6, 6.07) is 7.13. The quantitative estimate of drug-likeness (QED) is 0.852. The first-order valence-corrected chi connectivity index (χ1v) is 7.93. The van der Waals surface area contributed by atoms with Gasteiger partial charge in [0.15, 0.2) is 0 Å². The zero-order valence-corrected chi connectivity index (χ0v) is 12.7. The van der Waals surface area contributed by atoms with Crippen LogP contribution in [-0.2, 0) is 21.0 Å². The summed E-state index contributed by atoms with van der Waals surface area (Å²) in [4.78, 5) is 13.8. The van der Waals surface area contributed by atoms with Crippen LogP contribution in [0.2, 0.25) is 0 Å². The number of carboxylic acid groups (broad SMARTS) is 1. The number of sulfonamides is 1. The van der Waals surface area contributed by atoms with Gasteiger partial charge in [0.05, 0.1) is 0 Å². The standard InChI is InChI=1S/C14H11F3N2O4S/c15-14(16,17)11-7-6-10(8-18-11)24(22,23)19-12(13(20)21)9-4-2-1-3-5-9/h1-8,12,19H,(H,20,21). The molecule has 0 saturated carbocycles. The summed E-state index contributed by atoms with van der Waals surface area (Å²) in [5.41, 5.74) is -1.08. The molecule has 6 nitrogen and oxygen atoms in total. The van der Waals surface area contributed by atoms with Gasteiger partial charge in [-0.05, 0) is 17.7 Å². The molecule has 0 bridgehead atoms. The number of carboxylic acids is 1. The number of aromatic nitrogens is 1. The molecule has 10 heteroatoms. The second-order valence-corrected chi connectivity index (χ2v) is 6.39. The van der Waals surface area contributed by atoms with Crippen LogP contribution in [-0.4, -0.2) is 24.5 Å². The van der Waals surface area contributed by atoms with Gasteiger partial charge < -0.3 is 5.11 Å². The number of rotatable bonds is 5. The van der Waals surface area contributed by atoms with Gasteiger partial charge in [-0.2, -0.15) is 17.9 Å². The maximum absolute atomic E-state index is 12.4. The lowest BCUT2D eigenvalue weighted by Crippen LogP contribution is -2.33. The first-order chi connectivity index (χ1) is 11.1. The zero-order valence-electron chi connectivity index (χ0n) is 11.9. The third-order valence-corrected chi connectivity index (χ3v) is 4.40. The van der Waals surface area contributed by atoms with Gasteiger partial charge in [0.1, 0.15) is 16.6 Å². The number of halogens is 3. The fraction of sp³-hybridized carbons (Fsp3) is 0.143. The van der Waals surface area contributed by atoms with Crippen LogP contribution in [0.1, 0.15) is 17.3 Å². The van der Waals surface area contributed by atoms with Crippen LogP contribution < -0.4 is 4.72 Å². The van der Waals surface area contributed by atoms with E-state index in [1.165, 1.54) is 24.3 Å². The first kappa shape index (κ1) is 17.9. The molecule has 1 atom stereocenters. The van der Waals surface area contributed by atoms with Crippen molar-refractivity contribution in [2.24, 2.45) is 0 Å². The molecule has 0 saturated heterocycles. The van der Waals surface area contributed by atoms with E-state index >= 15 is 0 Å². The van der Waals surface area contributed by atoms with E-state index < -0.39 is 38.8 Å². The van der Waals surface area contributed by atoms with Crippen molar-refractivity contribution in [2.45, 2.75) is 17.1 Å². The molecule has 0 radical (unpaired) electrons. The molecule has 0 fully saturated rings. The van der Waals surface area contributed by atoms with E-state index in [4.69, 9.17) is 0 Å². The van der Waals surface area contributed by atoms with Crippen molar-refractivity contribution in [3.8, 4) is 0 Å². The molecular formula is C14H11F3N2O4S. The lowest BCUT2D eigenvalue weighted by Gasteiger charge is -2.15. The summed E-state index contributed by atoms with van der Waals surface area (Å²) in [6.07, 6.45) is -4.18. The second-order valence-electron chi connectivity index (χ2n) is 4.68. The van der Waals surface area contributed by atoms with Crippen molar-refractivity contribution in [1.29, 1.82) is 0 Å². The van der Waals surface area contributed by atoms with Crippen molar-refractivity contribution in [1.82, 2.24) is 9.71 Å². The van der Waals surface area contributed by atoms with Crippen LogP contribution >= 0.6 is 0 Å². The second kappa shape index (κ2) is 6.57. The highest BCUT2D eigenvalue weighted by Gasteiger charge is 2.33. The summed E-state index contributed by atoms with van der Waals surface area (Å²) in [5, 5.41) is 9.20. The molecule has 1 aromatic carbocycles. The molecule has 2 aromatic rings. The van der Waals surface area contributed by atoms with E-state index in [0.29, 0.717) is 18.3 Å². The van der Waals surface area contributed by atoms with E-state index in [0.717, 1.165) is 0 Å². The highest BCUT2D eigenvalue weighted by atomic mass is 32.2. The number of aliphatic carboxylic acids is 1.